The van der Waals surface area contributed by atoms with E-state index in [1.807, 2.05) is 4.68 Å². The fourth-order valence-corrected chi connectivity index (χ4v) is 4.01. The van der Waals surface area contributed by atoms with Crippen LogP contribution >= 0.6 is 0 Å². The Kier molecular flexibility index (Phi) is 4.96. The number of fused-ring (bicyclic) bond motifs is 3. The van der Waals surface area contributed by atoms with Crippen LogP contribution in [0.4, 0.5) is 0 Å². The summed E-state index contributed by atoms with van der Waals surface area (Å²) >= 11 is 0. The van der Waals surface area contributed by atoms with Crippen LogP contribution in [-0.2, 0) is 6.54 Å². The van der Waals surface area contributed by atoms with E-state index in [2.05, 4.69) is 44.5 Å². The fourth-order valence-electron chi connectivity index (χ4n) is 4.01. The van der Waals surface area contributed by atoms with Crippen LogP contribution in [0.2, 0.25) is 0 Å². The number of carbonyl (C=O) groups is 1. The van der Waals surface area contributed by atoms with E-state index in [1.54, 1.807) is 6.08 Å². The maximum atomic E-state index is 12.6. The second-order valence-electron chi connectivity index (χ2n) is 8.73. The molecule has 0 unspecified atom stereocenters. The number of hydrogen-bond donors (Lipinski definition) is 1. The molecule has 1 N–H and O–H groups in total. The molecule has 4 rings (SSSR count). The van der Waals surface area contributed by atoms with Gasteiger partial charge in [0.2, 0.25) is 0 Å². The molecule has 0 spiro atoms. The van der Waals surface area contributed by atoms with E-state index < -0.39 is 11.4 Å². The van der Waals surface area contributed by atoms with E-state index in [9.17, 15) is 14.7 Å². The van der Waals surface area contributed by atoms with Gasteiger partial charge in [-0.15, -0.1) is 0 Å². The quantitative estimate of drug-likeness (QED) is 0.692. The second kappa shape index (κ2) is 7.35. The zero-order valence-corrected chi connectivity index (χ0v) is 17.8. The van der Waals surface area contributed by atoms with Crippen LogP contribution in [0.1, 0.15) is 67.4 Å². The lowest BCUT2D eigenvalue weighted by molar-refractivity contribution is 0.0694. The Hall–Kier alpha value is -3.02. The largest absolute Gasteiger partial charge is 0.489 e. The molecule has 2 aliphatic rings. The maximum Gasteiger partial charge on any atom is 0.341 e. The lowest BCUT2D eigenvalue weighted by atomic mass is 9.93. The molecule has 0 radical (unpaired) electrons. The van der Waals surface area contributed by atoms with Crippen molar-refractivity contribution in [2.75, 3.05) is 11.6 Å². The molecule has 30 heavy (non-hydrogen) atoms. The van der Waals surface area contributed by atoms with Crippen LogP contribution < -0.4 is 15.2 Å². The fraction of sp³-hybridized carbons (Fsp3) is 0.417. The average Bonchev–Trinajstić information content (AvgIpc) is 3.55. The van der Waals surface area contributed by atoms with Crippen molar-refractivity contribution in [2.24, 2.45) is 0 Å². The molecule has 2 aromatic rings. The minimum Gasteiger partial charge on any atom is -0.489 e. The highest BCUT2D eigenvalue weighted by atomic mass is 16.5. The zero-order chi connectivity index (χ0) is 21.6. The molecule has 0 bridgehead atoms. The van der Waals surface area contributed by atoms with Gasteiger partial charge in [-0.3, -0.25) is 9.47 Å². The molecular weight excluding hydrogens is 380 g/mol. The number of aromatic carboxylic acids is 1. The van der Waals surface area contributed by atoms with Crippen molar-refractivity contribution in [3.05, 3.63) is 64.0 Å². The van der Waals surface area contributed by atoms with Crippen LogP contribution in [-0.4, -0.2) is 27.9 Å². The Morgan fingerprint density at radius 1 is 1.33 bits per heavy atom. The van der Waals surface area contributed by atoms with Gasteiger partial charge in [0.25, 0.3) is 0 Å². The molecule has 1 aliphatic heterocycles. The van der Waals surface area contributed by atoms with E-state index in [4.69, 9.17) is 4.74 Å². The van der Waals surface area contributed by atoms with Crippen LogP contribution in [0.5, 0.6) is 5.75 Å². The van der Waals surface area contributed by atoms with Gasteiger partial charge in [-0.25, -0.2) is 4.79 Å². The van der Waals surface area contributed by atoms with Crippen molar-refractivity contribution >= 4 is 5.97 Å². The van der Waals surface area contributed by atoms with E-state index in [0.717, 1.165) is 47.4 Å². The van der Waals surface area contributed by atoms with E-state index in [1.165, 1.54) is 12.3 Å². The van der Waals surface area contributed by atoms with Crippen molar-refractivity contribution in [1.29, 1.82) is 0 Å². The number of aromatic nitrogens is 1. The molecule has 6 nitrogen and oxygen atoms in total. The first-order valence-electron chi connectivity index (χ1n) is 10.5. The van der Waals surface area contributed by atoms with Gasteiger partial charge in [0.15, 0.2) is 5.43 Å². The van der Waals surface area contributed by atoms with Gasteiger partial charge in [-0.2, -0.15) is 0 Å². The van der Waals surface area contributed by atoms with Gasteiger partial charge in [0.05, 0.1) is 17.8 Å². The Morgan fingerprint density at radius 2 is 2.07 bits per heavy atom. The number of ether oxygens (including phenoxy) is 1. The van der Waals surface area contributed by atoms with Crippen LogP contribution in [0.3, 0.4) is 0 Å². The van der Waals surface area contributed by atoms with E-state index in [0.29, 0.717) is 19.1 Å². The second-order valence-corrected chi connectivity index (χ2v) is 8.73. The average molecular weight is 408 g/mol. The monoisotopic (exact) mass is 408 g/mol. The number of rotatable bonds is 7. The summed E-state index contributed by atoms with van der Waals surface area (Å²) in [6.07, 6.45) is 6.33. The molecule has 6 heteroatoms. The first-order valence-corrected chi connectivity index (χ1v) is 10.5. The molecule has 0 atom stereocenters. The number of benzene rings is 1. The predicted molar refractivity (Wildman–Crippen MR) is 117 cm³/mol. The summed E-state index contributed by atoms with van der Waals surface area (Å²) in [5.41, 5.74) is 2.99. The summed E-state index contributed by atoms with van der Waals surface area (Å²) in [6, 6.07) is 5.68. The third kappa shape index (κ3) is 3.40. The van der Waals surface area contributed by atoms with E-state index >= 15 is 0 Å². The minimum absolute atomic E-state index is 0.215. The van der Waals surface area contributed by atoms with E-state index in [-0.39, 0.29) is 11.1 Å². The number of pyridine rings is 1. The highest BCUT2D eigenvalue weighted by molar-refractivity contribution is 5.88. The van der Waals surface area contributed by atoms with Crippen molar-refractivity contribution in [3.63, 3.8) is 0 Å². The first-order chi connectivity index (χ1) is 14.3. The molecular formula is C24H28N2O4. The molecule has 158 valence electrons. The van der Waals surface area contributed by atoms with Gasteiger partial charge < -0.3 is 14.9 Å². The Morgan fingerprint density at radius 3 is 2.67 bits per heavy atom. The van der Waals surface area contributed by atoms with Crippen molar-refractivity contribution in [1.82, 2.24) is 4.68 Å². The smallest absolute Gasteiger partial charge is 0.341 e. The zero-order valence-electron chi connectivity index (χ0n) is 17.8. The van der Waals surface area contributed by atoms with Crippen LogP contribution in [0, 0.1) is 0 Å². The predicted octanol–water partition coefficient (Wildman–Crippen LogP) is 4.30. The standard InChI is InChI=1S/C24H28N2O4/c1-5-9-30-22-10-16-13-26(24(3,4)6-2)25-14-19(23(28)29)21(27)12-20(25)17(16)11-18(22)15-7-8-15/h5,10-12,14-15H,1,6-9,13H2,2-4H3,(H,28,29). The van der Waals surface area contributed by atoms with Gasteiger partial charge in [0, 0.05) is 17.8 Å². The highest BCUT2D eigenvalue weighted by Crippen LogP contribution is 2.47. The summed E-state index contributed by atoms with van der Waals surface area (Å²) < 4.78 is 7.84. The summed E-state index contributed by atoms with van der Waals surface area (Å²) in [5, 5.41) is 11.6. The van der Waals surface area contributed by atoms with Gasteiger partial charge >= 0.3 is 5.97 Å². The Labute approximate surface area is 176 Å². The lowest BCUT2D eigenvalue weighted by Crippen LogP contribution is -2.52. The van der Waals surface area contributed by atoms with Crippen molar-refractivity contribution in [2.45, 2.75) is 58.0 Å². The summed E-state index contributed by atoms with van der Waals surface area (Å²) in [6.45, 7) is 11.1. The normalized spacial score (nSPS) is 15.4. The van der Waals surface area contributed by atoms with Crippen LogP contribution in [0.25, 0.3) is 11.3 Å². The van der Waals surface area contributed by atoms with Gasteiger partial charge in [-0.05, 0) is 62.3 Å². The third-order valence-corrected chi connectivity index (χ3v) is 6.29. The number of hydrogen-bond acceptors (Lipinski definition) is 4. The molecule has 1 saturated carbocycles. The van der Waals surface area contributed by atoms with Gasteiger partial charge in [0.1, 0.15) is 17.9 Å². The van der Waals surface area contributed by atoms with Crippen molar-refractivity contribution < 1.29 is 14.6 Å². The molecule has 0 saturated heterocycles. The molecule has 1 aliphatic carbocycles. The highest BCUT2D eigenvalue weighted by Gasteiger charge is 2.35. The van der Waals surface area contributed by atoms with Crippen LogP contribution in [0.15, 0.2) is 41.8 Å². The minimum atomic E-state index is -1.21. The summed E-state index contributed by atoms with van der Waals surface area (Å²) in [7, 11) is 0. The number of carboxylic acid groups (broad SMARTS) is 1. The SMILES string of the molecule is C=CCOc1cc2c(cc1C1CC1)-c1cc(=O)c(C(=O)O)cn1N(C(C)(C)CC)C2. The molecule has 1 aromatic carbocycles. The van der Waals surface area contributed by atoms with Gasteiger partial charge in [-0.1, -0.05) is 19.6 Å². The lowest BCUT2D eigenvalue weighted by Gasteiger charge is -2.45. The third-order valence-electron chi connectivity index (χ3n) is 6.29. The number of nitrogens with zero attached hydrogens (tertiary/aromatic N) is 2. The first kappa shape index (κ1) is 20.3. The molecule has 0 amide bonds. The number of carboxylic acids is 1. The molecule has 2 heterocycles. The molecule has 1 aromatic heterocycles. The maximum absolute atomic E-state index is 12.6. The topological polar surface area (TPSA) is 71.8 Å². The van der Waals surface area contributed by atoms with Crippen molar-refractivity contribution in [3.8, 4) is 17.0 Å². The Bertz CT molecular complexity index is 1080. The summed E-state index contributed by atoms with van der Waals surface area (Å²) in [4.78, 5) is 24.2. The summed E-state index contributed by atoms with van der Waals surface area (Å²) in [5.74, 6) is 0.143. The molecule has 1 fully saturated rings. The Balaban J connectivity index is 1.95.